The van der Waals surface area contributed by atoms with E-state index in [0.29, 0.717) is 43.4 Å². The maximum Gasteiger partial charge on any atom is 0.434 e. The number of alkyl halides is 3. The lowest BCUT2D eigenvalue weighted by Gasteiger charge is -2.22. The summed E-state index contributed by atoms with van der Waals surface area (Å²) in [5.74, 6) is -0.143. The average molecular weight is 541 g/mol. The summed E-state index contributed by atoms with van der Waals surface area (Å²) in [7, 11) is 0. The Bertz CT molecular complexity index is 1310. The molecule has 0 amide bonds. The van der Waals surface area contributed by atoms with Crippen molar-refractivity contribution in [3.63, 3.8) is 0 Å². The van der Waals surface area contributed by atoms with Gasteiger partial charge in [0.2, 0.25) is 0 Å². The number of ether oxygens (including phenoxy) is 1. The minimum Gasteiger partial charge on any atom is -0.489 e. The maximum absolute atomic E-state index is 13.2. The highest BCUT2D eigenvalue weighted by Crippen LogP contribution is 2.33. The van der Waals surface area contributed by atoms with E-state index in [4.69, 9.17) is 9.84 Å². The molecule has 3 aromatic carbocycles. The molecule has 0 spiro atoms. The first-order chi connectivity index (χ1) is 18.3. The van der Waals surface area contributed by atoms with Gasteiger partial charge in [0.1, 0.15) is 12.4 Å². The summed E-state index contributed by atoms with van der Waals surface area (Å²) in [6, 6.07) is 24.9. The summed E-state index contributed by atoms with van der Waals surface area (Å²) in [6.45, 7) is 1.31. The zero-order valence-corrected chi connectivity index (χ0v) is 21.3. The van der Waals surface area contributed by atoms with Gasteiger partial charge in [0, 0.05) is 24.9 Å². The predicted molar refractivity (Wildman–Crippen MR) is 141 cm³/mol. The van der Waals surface area contributed by atoms with Crippen LogP contribution in [0.25, 0.3) is 0 Å². The lowest BCUT2D eigenvalue weighted by molar-refractivity contribution is -0.140. The van der Waals surface area contributed by atoms with Crippen molar-refractivity contribution in [3.05, 3.63) is 112 Å². The van der Waals surface area contributed by atoms with Crippen molar-refractivity contribution in [3.8, 4) is 5.75 Å². The first-order valence-corrected chi connectivity index (χ1v) is 13.0. The van der Waals surface area contributed by atoms with Gasteiger partial charge in [0.25, 0.3) is 0 Å². The fourth-order valence-electron chi connectivity index (χ4n) is 3.82. The predicted octanol–water partition coefficient (Wildman–Crippen LogP) is 7.01. The number of aryl methyl sites for hydroxylation is 1. The molecular formula is C29H27F3N2O3S. The molecule has 0 atom stereocenters. The Kier molecular flexibility index (Phi) is 9.02. The maximum atomic E-state index is 13.2. The van der Waals surface area contributed by atoms with Gasteiger partial charge in [0.15, 0.2) is 10.8 Å². The number of carboxylic acids is 1. The topological polar surface area (TPSA) is 62.7 Å². The third-order valence-electron chi connectivity index (χ3n) is 5.92. The van der Waals surface area contributed by atoms with E-state index < -0.39 is 17.8 Å². The number of carbonyl (C=O) groups is 1. The second kappa shape index (κ2) is 12.6. The molecule has 198 valence electrons. The molecule has 1 N–H and O–H groups in total. The minimum atomic E-state index is -4.47. The van der Waals surface area contributed by atoms with E-state index in [9.17, 15) is 18.0 Å². The average Bonchev–Trinajstić information content (AvgIpc) is 3.42. The van der Waals surface area contributed by atoms with Gasteiger partial charge >= 0.3 is 12.1 Å². The van der Waals surface area contributed by atoms with Gasteiger partial charge in [-0.05, 0) is 47.2 Å². The van der Waals surface area contributed by atoms with Crippen LogP contribution in [0.1, 0.15) is 34.4 Å². The Hall–Kier alpha value is -3.85. The minimum absolute atomic E-state index is 0.0856. The monoisotopic (exact) mass is 540 g/mol. The standard InChI is InChI=1S/C29H27F3N2O3S/c30-29(31,32)26-20-38-28(33-26)34(17-16-21-4-2-1-3-5-21)18-23-6-8-24(9-7-23)19-37-25-13-10-22(11-14-25)12-15-27(35)36/h1-11,13-14,20H,12,15-19H2,(H,35,36). The molecule has 0 aliphatic carbocycles. The van der Waals surface area contributed by atoms with E-state index in [1.807, 2.05) is 83.8 Å². The van der Waals surface area contributed by atoms with Crippen molar-refractivity contribution < 1.29 is 27.8 Å². The SMILES string of the molecule is O=C(O)CCc1ccc(OCc2ccc(CN(CCc3ccccc3)c3nc(C(F)(F)F)cs3)cc2)cc1. The fraction of sp³-hybridized carbons (Fsp3) is 0.241. The number of benzene rings is 3. The molecule has 5 nitrogen and oxygen atoms in total. The van der Waals surface area contributed by atoms with Crippen molar-refractivity contribution in [2.45, 2.75) is 38.6 Å². The molecule has 0 saturated carbocycles. The summed E-state index contributed by atoms with van der Waals surface area (Å²) in [6.07, 6.45) is -3.23. The molecule has 38 heavy (non-hydrogen) atoms. The van der Waals surface area contributed by atoms with Gasteiger partial charge in [-0.3, -0.25) is 4.79 Å². The second-order valence-corrected chi connectivity index (χ2v) is 9.65. The van der Waals surface area contributed by atoms with Crippen LogP contribution in [0.4, 0.5) is 18.3 Å². The van der Waals surface area contributed by atoms with E-state index in [0.717, 1.165) is 39.0 Å². The molecule has 1 aromatic heterocycles. The number of aromatic nitrogens is 1. The largest absolute Gasteiger partial charge is 0.489 e. The molecule has 0 aliphatic heterocycles. The number of rotatable bonds is 12. The molecule has 0 radical (unpaired) electrons. The van der Waals surface area contributed by atoms with Crippen molar-refractivity contribution in [1.29, 1.82) is 0 Å². The van der Waals surface area contributed by atoms with Gasteiger partial charge in [-0.2, -0.15) is 13.2 Å². The number of halogens is 3. The quantitative estimate of drug-likeness (QED) is 0.210. The lowest BCUT2D eigenvalue weighted by atomic mass is 10.1. The first-order valence-electron chi connectivity index (χ1n) is 12.1. The molecule has 0 aliphatic rings. The lowest BCUT2D eigenvalue weighted by Crippen LogP contribution is -2.25. The van der Waals surface area contributed by atoms with Crippen LogP contribution in [-0.4, -0.2) is 22.6 Å². The zero-order valence-electron chi connectivity index (χ0n) is 20.5. The highest BCUT2D eigenvalue weighted by atomic mass is 32.1. The Morgan fingerprint density at radius 2 is 1.50 bits per heavy atom. The van der Waals surface area contributed by atoms with Crippen LogP contribution in [-0.2, 0) is 37.0 Å². The van der Waals surface area contributed by atoms with Crippen LogP contribution in [0.2, 0.25) is 0 Å². The number of nitrogens with zero attached hydrogens (tertiary/aromatic N) is 2. The van der Waals surface area contributed by atoms with Gasteiger partial charge in [-0.25, -0.2) is 4.98 Å². The third kappa shape index (κ3) is 8.08. The fourth-order valence-corrected chi connectivity index (χ4v) is 4.68. The molecule has 4 rings (SSSR count). The number of thiazole rings is 1. The molecule has 1 heterocycles. The van der Waals surface area contributed by atoms with Crippen molar-refractivity contribution in [2.24, 2.45) is 0 Å². The Balaban J connectivity index is 1.38. The molecule has 0 bridgehead atoms. The molecule has 0 unspecified atom stereocenters. The zero-order chi connectivity index (χ0) is 27.0. The number of anilines is 1. The second-order valence-electron chi connectivity index (χ2n) is 8.81. The Morgan fingerprint density at radius 3 is 2.13 bits per heavy atom. The van der Waals surface area contributed by atoms with E-state index in [2.05, 4.69) is 4.98 Å². The van der Waals surface area contributed by atoms with Crippen LogP contribution in [0.3, 0.4) is 0 Å². The summed E-state index contributed by atoms with van der Waals surface area (Å²) in [4.78, 5) is 16.5. The van der Waals surface area contributed by atoms with Crippen molar-refractivity contribution in [1.82, 2.24) is 4.98 Å². The number of aliphatic carboxylic acids is 1. The van der Waals surface area contributed by atoms with Crippen LogP contribution in [0, 0.1) is 0 Å². The van der Waals surface area contributed by atoms with E-state index >= 15 is 0 Å². The van der Waals surface area contributed by atoms with Crippen molar-refractivity contribution >= 4 is 22.4 Å². The number of hydrogen-bond donors (Lipinski definition) is 1. The van der Waals surface area contributed by atoms with Gasteiger partial charge in [-0.15, -0.1) is 11.3 Å². The van der Waals surface area contributed by atoms with Crippen LogP contribution in [0.15, 0.2) is 84.2 Å². The summed E-state index contributed by atoms with van der Waals surface area (Å²) >= 11 is 0.999. The van der Waals surface area contributed by atoms with Crippen LogP contribution in [0.5, 0.6) is 5.75 Å². The molecule has 0 fully saturated rings. The van der Waals surface area contributed by atoms with E-state index in [-0.39, 0.29) is 6.42 Å². The Morgan fingerprint density at radius 1 is 0.868 bits per heavy atom. The van der Waals surface area contributed by atoms with Crippen molar-refractivity contribution in [2.75, 3.05) is 11.4 Å². The smallest absolute Gasteiger partial charge is 0.434 e. The highest BCUT2D eigenvalue weighted by Gasteiger charge is 2.34. The molecule has 4 aromatic rings. The summed E-state index contributed by atoms with van der Waals surface area (Å²) in [5, 5.41) is 10.2. The van der Waals surface area contributed by atoms with Crippen LogP contribution >= 0.6 is 11.3 Å². The highest BCUT2D eigenvalue weighted by molar-refractivity contribution is 7.13. The van der Waals surface area contributed by atoms with Crippen LogP contribution < -0.4 is 9.64 Å². The summed E-state index contributed by atoms with van der Waals surface area (Å²) in [5.41, 5.74) is 3.07. The summed E-state index contributed by atoms with van der Waals surface area (Å²) < 4.78 is 45.3. The van der Waals surface area contributed by atoms with Gasteiger partial charge in [-0.1, -0.05) is 66.7 Å². The third-order valence-corrected chi connectivity index (χ3v) is 6.82. The molecule has 0 saturated heterocycles. The molecular weight excluding hydrogens is 513 g/mol. The van der Waals surface area contributed by atoms with Gasteiger partial charge < -0.3 is 14.7 Å². The number of hydrogen-bond acceptors (Lipinski definition) is 5. The van der Waals surface area contributed by atoms with Gasteiger partial charge in [0.05, 0.1) is 0 Å². The first kappa shape index (κ1) is 27.2. The van der Waals surface area contributed by atoms with E-state index in [1.165, 1.54) is 0 Å². The Labute approximate surface area is 223 Å². The normalized spacial score (nSPS) is 11.3. The van der Waals surface area contributed by atoms with E-state index in [1.54, 1.807) is 0 Å². The number of carboxylic acid groups (broad SMARTS) is 1. The molecule has 9 heteroatoms.